The van der Waals surface area contributed by atoms with Crippen LogP contribution in [-0.4, -0.2) is 15.8 Å². The van der Waals surface area contributed by atoms with Gasteiger partial charge in [-0.05, 0) is 48.2 Å². The molecule has 3 aromatic rings. The molecule has 0 aliphatic heterocycles. The van der Waals surface area contributed by atoms with E-state index in [2.05, 4.69) is 35.2 Å². The van der Waals surface area contributed by atoms with Gasteiger partial charge in [-0.25, -0.2) is 0 Å². The second kappa shape index (κ2) is 6.40. The number of nitriles is 1. The number of carbonyl (C=O) groups excluding carboxylic acids is 1. The van der Waals surface area contributed by atoms with Crippen LogP contribution in [-0.2, 0) is 6.42 Å². The molecule has 2 N–H and O–H groups in total. The summed E-state index contributed by atoms with van der Waals surface area (Å²) in [6.07, 6.45) is 4.83. The molecule has 0 saturated carbocycles. The highest BCUT2D eigenvalue weighted by Gasteiger charge is 2.35. The molecule has 5 heteroatoms. The SMILES string of the molecule is CC1(C)CC(=O)c2c([nH]c(-c3ccncc3)c2Nc2ccc(C#N)cc2)C1. The van der Waals surface area contributed by atoms with Crippen LogP contribution in [0, 0.1) is 16.7 Å². The van der Waals surface area contributed by atoms with Gasteiger partial charge in [0.1, 0.15) is 0 Å². The van der Waals surface area contributed by atoms with Crippen LogP contribution in [0.2, 0.25) is 0 Å². The number of H-pyrrole nitrogens is 1. The Labute approximate surface area is 158 Å². The second-order valence-electron chi connectivity index (χ2n) is 7.72. The Kier molecular flexibility index (Phi) is 4.04. The molecule has 134 valence electrons. The number of carbonyl (C=O) groups is 1. The molecule has 0 amide bonds. The van der Waals surface area contributed by atoms with E-state index >= 15 is 0 Å². The Bertz CT molecular complexity index is 1040. The normalized spacial score (nSPS) is 15.1. The molecule has 0 saturated heterocycles. The van der Waals surface area contributed by atoms with Gasteiger partial charge >= 0.3 is 0 Å². The average Bonchev–Trinajstić information content (AvgIpc) is 3.00. The third-order valence-corrected chi connectivity index (χ3v) is 4.90. The topological polar surface area (TPSA) is 81.6 Å². The first-order valence-corrected chi connectivity index (χ1v) is 8.92. The van der Waals surface area contributed by atoms with Crippen molar-refractivity contribution in [3.05, 3.63) is 65.6 Å². The van der Waals surface area contributed by atoms with Crippen molar-refractivity contribution in [2.24, 2.45) is 5.41 Å². The molecule has 1 aliphatic carbocycles. The lowest BCUT2D eigenvalue weighted by Gasteiger charge is -2.28. The van der Waals surface area contributed by atoms with Crippen molar-refractivity contribution in [1.29, 1.82) is 5.26 Å². The van der Waals surface area contributed by atoms with Gasteiger partial charge in [-0.15, -0.1) is 0 Å². The number of pyridine rings is 1. The molecule has 0 atom stereocenters. The molecule has 27 heavy (non-hydrogen) atoms. The molecule has 0 unspecified atom stereocenters. The molecule has 0 radical (unpaired) electrons. The van der Waals surface area contributed by atoms with E-state index in [0.717, 1.165) is 40.3 Å². The number of nitrogens with zero attached hydrogens (tertiary/aromatic N) is 2. The van der Waals surface area contributed by atoms with Crippen LogP contribution >= 0.6 is 0 Å². The zero-order valence-electron chi connectivity index (χ0n) is 15.3. The van der Waals surface area contributed by atoms with Gasteiger partial charge in [-0.3, -0.25) is 9.78 Å². The molecule has 1 aromatic carbocycles. The number of nitrogens with one attached hydrogen (secondary N) is 2. The number of ketones is 1. The smallest absolute Gasteiger partial charge is 0.167 e. The summed E-state index contributed by atoms with van der Waals surface area (Å²) in [4.78, 5) is 20.5. The van der Waals surface area contributed by atoms with Crippen molar-refractivity contribution in [3.63, 3.8) is 0 Å². The van der Waals surface area contributed by atoms with Gasteiger partial charge < -0.3 is 10.3 Å². The molecule has 0 fully saturated rings. The highest BCUT2D eigenvalue weighted by molar-refractivity contribution is 6.07. The minimum Gasteiger partial charge on any atom is -0.356 e. The van der Waals surface area contributed by atoms with Crippen LogP contribution < -0.4 is 5.32 Å². The predicted octanol–water partition coefficient (Wildman–Crippen LogP) is 4.85. The Morgan fingerprint density at radius 1 is 1.11 bits per heavy atom. The third kappa shape index (κ3) is 3.22. The van der Waals surface area contributed by atoms with Gasteiger partial charge in [-0.1, -0.05) is 13.8 Å². The number of Topliss-reactive ketones (excluding diaryl/α,β-unsaturated/α-hetero) is 1. The highest BCUT2D eigenvalue weighted by Crippen LogP contribution is 2.43. The number of fused-ring (bicyclic) bond motifs is 1. The Hall–Kier alpha value is -3.39. The number of hydrogen-bond acceptors (Lipinski definition) is 4. The molecule has 4 rings (SSSR count). The van der Waals surface area contributed by atoms with E-state index in [4.69, 9.17) is 5.26 Å². The van der Waals surface area contributed by atoms with E-state index in [1.54, 1.807) is 24.5 Å². The quantitative estimate of drug-likeness (QED) is 0.703. The van der Waals surface area contributed by atoms with E-state index in [1.165, 1.54) is 0 Å². The standard InChI is InChI=1S/C22H20N4O/c1-22(2)11-17-19(18(27)12-22)21(20(26-17)15-7-9-24-10-8-15)25-16-5-3-14(13-23)4-6-16/h3-10,25-26H,11-12H2,1-2H3. The molecule has 5 nitrogen and oxygen atoms in total. The lowest BCUT2D eigenvalue weighted by Crippen LogP contribution is -2.26. The van der Waals surface area contributed by atoms with Crippen molar-refractivity contribution in [3.8, 4) is 17.3 Å². The zero-order chi connectivity index (χ0) is 19.0. The van der Waals surface area contributed by atoms with E-state index < -0.39 is 0 Å². The summed E-state index contributed by atoms with van der Waals surface area (Å²) < 4.78 is 0. The molecule has 2 aromatic heterocycles. The minimum absolute atomic E-state index is 0.0594. The minimum atomic E-state index is -0.0594. The van der Waals surface area contributed by atoms with Crippen LogP contribution in [0.15, 0.2) is 48.8 Å². The number of hydrogen-bond donors (Lipinski definition) is 2. The first-order valence-electron chi connectivity index (χ1n) is 8.92. The Balaban J connectivity index is 1.84. The van der Waals surface area contributed by atoms with Crippen molar-refractivity contribution in [2.75, 3.05) is 5.32 Å². The molecule has 0 spiro atoms. The summed E-state index contributed by atoms with van der Waals surface area (Å²) in [6.45, 7) is 4.24. The van der Waals surface area contributed by atoms with Gasteiger partial charge in [0.25, 0.3) is 0 Å². The zero-order valence-corrected chi connectivity index (χ0v) is 15.3. The van der Waals surface area contributed by atoms with Gasteiger partial charge in [0.05, 0.1) is 28.6 Å². The monoisotopic (exact) mass is 356 g/mol. The maximum Gasteiger partial charge on any atom is 0.167 e. The molecule has 0 bridgehead atoms. The summed E-state index contributed by atoms with van der Waals surface area (Å²) in [5, 5.41) is 12.4. The molecular formula is C22H20N4O. The Morgan fingerprint density at radius 2 is 1.81 bits per heavy atom. The van der Waals surface area contributed by atoms with E-state index in [0.29, 0.717) is 12.0 Å². The fourth-order valence-electron chi connectivity index (χ4n) is 3.69. The van der Waals surface area contributed by atoms with Gasteiger partial charge in [0, 0.05) is 35.8 Å². The fourth-order valence-corrected chi connectivity index (χ4v) is 3.69. The lowest BCUT2D eigenvalue weighted by atomic mass is 9.76. The summed E-state index contributed by atoms with van der Waals surface area (Å²) in [5.41, 5.74) is 5.74. The largest absolute Gasteiger partial charge is 0.356 e. The summed E-state index contributed by atoms with van der Waals surface area (Å²) in [5.74, 6) is 0.147. The average molecular weight is 356 g/mol. The molecule has 2 heterocycles. The van der Waals surface area contributed by atoms with Crippen LogP contribution in [0.4, 0.5) is 11.4 Å². The Morgan fingerprint density at radius 3 is 2.48 bits per heavy atom. The van der Waals surface area contributed by atoms with Crippen LogP contribution in [0.25, 0.3) is 11.3 Å². The number of benzene rings is 1. The first kappa shape index (κ1) is 17.0. The summed E-state index contributed by atoms with van der Waals surface area (Å²) in [6, 6.07) is 13.2. The van der Waals surface area contributed by atoms with Crippen molar-refractivity contribution in [2.45, 2.75) is 26.7 Å². The number of anilines is 2. The van der Waals surface area contributed by atoms with Crippen LogP contribution in [0.1, 0.15) is 41.9 Å². The van der Waals surface area contributed by atoms with Crippen molar-refractivity contribution < 1.29 is 4.79 Å². The van der Waals surface area contributed by atoms with Crippen molar-refractivity contribution >= 4 is 17.2 Å². The fraction of sp³-hybridized carbons (Fsp3) is 0.227. The van der Waals surface area contributed by atoms with E-state index in [-0.39, 0.29) is 11.2 Å². The number of rotatable bonds is 3. The van der Waals surface area contributed by atoms with E-state index in [1.807, 2.05) is 24.3 Å². The number of aromatic amines is 1. The number of aromatic nitrogens is 2. The predicted molar refractivity (Wildman–Crippen MR) is 105 cm³/mol. The summed E-state index contributed by atoms with van der Waals surface area (Å²) >= 11 is 0. The molecular weight excluding hydrogens is 336 g/mol. The van der Waals surface area contributed by atoms with Gasteiger partial charge in [0.15, 0.2) is 5.78 Å². The maximum atomic E-state index is 12.9. The molecule has 1 aliphatic rings. The van der Waals surface area contributed by atoms with Crippen LogP contribution in [0.3, 0.4) is 0 Å². The first-order chi connectivity index (χ1) is 13.0. The van der Waals surface area contributed by atoms with Gasteiger partial charge in [-0.2, -0.15) is 5.26 Å². The third-order valence-electron chi connectivity index (χ3n) is 4.90. The van der Waals surface area contributed by atoms with E-state index in [9.17, 15) is 4.79 Å². The lowest BCUT2D eigenvalue weighted by molar-refractivity contribution is 0.0912. The van der Waals surface area contributed by atoms with Gasteiger partial charge in [0.2, 0.25) is 0 Å². The summed E-state index contributed by atoms with van der Waals surface area (Å²) in [7, 11) is 0. The second-order valence-corrected chi connectivity index (χ2v) is 7.72. The van der Waals surface area contributed by atoms with Crippen molar-refractivity contribution in [1.82, 2.24) is 9.97 Å². The maximum absolute atomic E-state index is 12.9. The van der Waals surface area contributed by atoms with Crippen LogP contribution in [0.5, 0.6) is 0 Å². The highest BCUT2D eigenvalue weighted by atomic mass is 16.1.